The van der Waals surface area contributed by atoms with Crippen LogP contribution in [0.3, 0.4) is 0 Å². The third kappa shape index (κ3) is 4.71. The summed E-state index contributed by atoms with van der Waals surface area (Å²) in [5.41, 5.74) is 8.49. The Morgan fingerprint density at radius 3 is 2.45 bits per heavy atom. The minimum absolute atomic E-state index is 0.379. The SMILES string of the molecule is NCC#Cc1ccc(COCc2cccc(Cl)c2)cc1. The smallest absolute Gasteiger partial charge is 0.0721 e. The number of halogens is 1. The summed E-state index contributed by atoms with van der Waals surface area (Å²) in [5.74, 6) is 5.82. The molecule has 20 heavy (non-hydrogen) atoms. The van der Waals surface area contributed by atoms with E-state index in [4.69, 9.17) is 22.1 Å². The molecule has 2 aromatic rings. The summed E-state index contributed by atoms with van der Waals surface area (Å²) in [7, 11) is 0. The van der Waals surface area contributed by atoms with Crippen molar-refractivity contribution in [2.45, 2.75) is 13.2 Å². The van der Waals surface area contributed by atoms with Crippen molar-refractivity contribution >= 4 is 11.6 Å². The van der Waals surface area contributed by atoms with Crippen LogP contribution in [0, 0.1) is 11.8 Å². The zero-order valence-electron chi connectivity index (χ0n) is 11.1. The van der Waals surface area contributed by atoms with E-state index >= 15 is 0 Å². The van der Waals surface area contributed by atoms with Crippen LogP contribution in [-0.2, 0) is 18.0 Å². The molecule has 3 heteroatoms. The van der Waals surface area contributed by atoms with Gasteiger partial charge in [-0.15, -0.1) is 0 Å². The van der Waals surface area contributed by atoms with Crippen molar-refractivity contribution in [2.24, 2.45) is 5.73 Å². The molecular weight excluding hydrogens is 270 g/mol. The molecule has 0 amide bonds. The maximum absolute atomic E-state index is 5.92. The van der Waals surface area contributed by atoms with E-state index in [1.54, 1.807) is 0 Å². The molecule has 0 saturated carbocycles. The first-order valence-corrected chi connectivity index (χ1v) is 6.76. The van der Waals surface area contributed by atoms with Crippen molar-refractivity contribution in [2.75, 3.05) is 6.54 Å². The second-order valence-electron chi connectivity index (χ2n) is 4.33. The Bertz CT molecular complexity index is 611. The molecule has 0 fully saturated rings. The van der Waals surface area contributed by atoms with Crippen molar-refractivity contribution < 1.29 is 4.74 Å². The monoisotopic (exact) mass is 285 g/mol. The van der Waals surface area contributed by atoms with Crippen LogP contribution in [0.2, 0.25) is 5.02 Å². The van der Waals surface area contributed by atoms with E-state index in [2.05, 4.69) is 11.8 Å². The Hall–Kier alpha value is -1.79. The number of hydrogen-bond acceptors (Lipinski definition) is 2. The van der Waals surface area contributed by atoms with E-state index < -0.39 is 0 Å². The third-order valence-corrected chi connectivity index (χ3v) is 2.95. The van der Waals surface area contributed by atoms with Gasteiger partial charge in [-0.2, -0.15) is 0 Å². The molecule has 2 aromatic carbocycles. The Morgan fingerprint density at radius 1 is 1.00 bits per heavy atom. The third-order valence-electron chi connectivity index (χ3n) is 2.72. The first-order chi connectivity index (χ1) is 9.78. The highest BCUT2D eigenvalue weighted by Crippen LogP contribution is 2.12. The maximum Gasteiger partial charge on any atom is 0.0721 e. The van der Waals surface area contributed by atoms with Crippen LogP contribution in [0.15, 0.2) is 48.5 Å². The Balaban J connectivity index is 1.85. The summed E-state index contributed by atoms with van der Waals surface area (Å²) in [6.45, 7) is 1.50. The molecule has 2 N–H and O–H groups in total. The fraction of sp³-hybridized carbons (Fsp3) is 0.176. The number of hydrogen-bond donors (Lipinski definition) is 1. The lowest BCUT2D eigenvalue weighted by molar-refractivity contribution is 0.107. The average molecular weight is 286 g/mol. The minimum Gasteiger partial charge on any atom is -0.372 e. The molecule has 0 spiro atoms. The summed E-state index contributed by atoms with van der Waals surface area (Å²) >= 11 is 5.92. The second-order valence-corrected chi connectivity index (χ2v) is 4.76. The van der Waals surface area contributed by atoms with Gasteiger partial charge < -0.3 is 10.5 Å². The number of benzene rings is 2. The summed E-state index contributed by atoms with van der Waals surface area (Å²) in [6.07, 6.45) is 0. The Kier molecular flexibility index (Phi) is 5.64. The van der Waals surface area contributed by atoms with Crippen molar-refractivity contribution in [1.29, 1.82) is 0 Å². The fourth-order valence-electron chi connectivity index (χ4n) is 1.75. The van der Waals surface area contributed by atoms with Crippen LogP contribution in [0.4, 0.5) is 0 Å². The number of rotatable bonds is 4. The normalized spacial score (nSPS) is 9.90. The topological polar surface area (TPSA) is 35.2 Å². The van der Waals surface area contributed by atoms with Gasteiger partial charge in [0.1, 0.15) is 0 Å². The molecule has 0 aliphatic rings. The highest BCUT2D eigenvalue weighted by Gasteiger charge is 1.97. The van der Waals surface area contributed by atoms with Crippen molar-refractivity contribution in [3.8, 4) is 11.8 Å². The van der Waals surface area contributed by atoms with Gasteiger partial charge in [0.2, 0.25) is 0 Å². The van der Waals surface area contributed by atoms with Crippen molar-refractivity contribution in [3.05, 3.63) is 70.2 Å². The van der Waals surface area contributed by atoms with E-state index in [0.717, 1.165) is 21.7 Å². The molecule has 0 bridgehead atoms. The highest BCUT2D eigenvalue weighted by atomic mass is 35.5. The molecule has 0 aromatic heterocycles. The molecule has 2 nitrogen and oxygen atoms in total. The lowest BCUT2D eigenvalue weighted by atomic mass is 10.1. The van der Waals surface area contributed by atoms with E-state index in [1.165, 1.54) is 0 Å². The summed E-state index contributed by atoms with van der Waals surface area (Å²) in [4.78, 5) is 0. The van der Waals surface area contributed by atoms with Crippen molar-refractivity contribution in [3.63, 3.8) is 0 Å². The van der Waals surface area contributed by atoms with Gasteiger partial charge in [0.15, 0.2) is 0 Å². The summed E-state index contributed by atoms with van der Waals surface area (Å²) in [5, 5.41) is 0.730. The van der Waals surface area contributed by atoms with Gasteiger partial charge in [-0.05, 0) is 35.4 Å². The second kappa shape index (κ2) is 7.72. The lowest BCUT2D eigenvalue weighted by Gasteiger charge is -2.05. The Labute approximate surface area is 124 Å². The van der Waals surface area contributed by atoms with Crippen LogP contribution in [0.5, 0.6) is 0 Å². The summed E-state index contributed by atoms with van der Waals surface area (Å²) < 4.78 is 5.67. The molecule has 0 aliphatic carbocycles. The molecular formula is C17H16ClNO. The first kappa shape index (κ1) is 14.6. The van der Waals surface area contributed by atoms with E-state index in [0.29, 0.717) is 19.8 Å². The maximum atomic E-state index is 5.92. The van der Waals surface area contributed by atoms with Gasteiger partial charge >= 0.3 is 0 Å². The van der Waals surface area contributed by atoms with Gasteiger partial charge in [-0.1, -0.05) is 47.7 Å². The van der Waals surface area contributed by atoms with Crippen LogP contribution in [0.1, 0.15) is 16.7 Å². The van der Waals surface area contributed by atoms with Gasteiger partial charge in [0.05, 0.1) is 19.8 Å². The quantitative estimate of drug-likeness (QED) is 0.874. The predicted octanol–water partition coefficient (Wildman–Crippen LogP) is 3.37. The molecule has 0 atom stereocenters. The van der Waals surface area contributed by atoms with E-state index in [-0.39, 0.29) is 0 Å². The highest BCUT2D eigenvalue weighted by molar-refractivity contribution is 6.30. The zero-order valence-corrected chi connectivity index (χ0v) is 11.9. The van der Waals surface area contributed by atoms with Gasteiger partial charge in [0, 0.05) is 10.6 Å². The molecule has 0 heterocycles. The minimum atomic E-state index is 0.379. The molecule has 102 valence electrons. The van der Waals surface area contributed by atoms with Crippen LogP contribution >= 0.6 is 11.6 Å². The molecule has 0 unspecified atom stereocenters. The standard InChI is InChI=1S/C17H16ClNO/c18-17-5-1-3-16(11-17)13-20-12-15-8-6-14(7-9-15)4-2-10-19/h1,3,5-9,11H,10,12-13,19H2. The first-order valence-electron chi connectivity index (χ1n) is 6.38. The van der Waals surface area contributed by atoms with Gasteiger partial charge in [-0.25, -0.2) is 0 Å². The predicted molar refractivity (Wildman–Crippen MR) is 82.3 cm³/mol. The van der Waals surface area contributed by atoms with Gasteiger partial charge in [0.25, 0.3) is 0 Å². The van der Waals surface area contributed by atoms with Crippen LogP contribution in [-0.4, -0.2) is 6.54 Å². The molecule has 0 radical (unpaired) electrons. The fourth-order valence-corrected chi connectivity index (χ4v) is 1.96. The zero-order chi connectivity index (χ0) is 14.2. The molecule has 0 saturated heterocycles. The van der Waals surface area contributed by atoms with Gasteiger partial charge in [-0.3, -0.25) is 0 Å². The molecule has 2 rings (SSSR count). The largest absolute Gasteiger partial charge is 0.372 e. The Morgan fingerprint density at radius 2 is 1.75 bits per heavy atom. The lowest BCUT2D eigenvalue weighted by Crippen LogP contribution is -1.95. The average Bonchev–Trinajstić information content (AvgIpc) is 2.46. The van der Waals surface area contributed by atoms with Crippen LogP contribution < -0.4 is 5.73 Å². The van der Waals surface area contributed by atoms with Crippen molar-refractivity contribution in [1.82, 2.24) is 0 Å². The number of ether oxygens (including phenoxy) is 1. The molecule has 0 aliphatic heterocycles. The number of nitrogens with two attached hydrogens (primary N) is 1. The van der Waals surface area contributed by atoms with E-state index in [9.17, 15) is 0 Å². The summed E-state index contributed by atoms with van der Waals surface area (Å²) in [6, 6.07) is 15.7. The van der Waals surface area contributed by atoms with Crippen LogP contribution in [0.25, 0.3) is 0 Å². The van der Waals surface area contributed by atoms with E-state index in [1.807, 2.05) is 48.5 Å².